The lowest BCUT2D eigenvalue weighted by atomic mass is 10.5. The highest BCUT2D eigenvalue weighted by atomic mass is 16.8. The van der Waals surface area contributed by atoms with Crippen LogP contribution in [-0.2, 0) is 52.2 Å². The van der Waals surface area contributed by atoms with E-state index in [1.54, 1.807) is 0 Å². The second kappa shape index (κ2) is 26.5. The van der Waals surface area contributed by atoms with Gasteiger partial charge in [0.25, 0.3) is 0 Å². The Kier molecular flexibility index (Phi) is 26.9. The number of aliphatic hydroxyl groups is 2. The molecule has 0 aliphatic carbocycles. The Hall–Kier alpha value is -4.06. The molecule has 0 fully saturated rings. The van der Waals surface area contributed by atoms with Gasteiger partial charge in [-0.3, -0.25) is 0 Å². The monoisotopic (exact) mass is 548 g/mol. The largest absolute Gasteiger partial charge is 0.508 e. The fraction of sp³-hybridized carbons (Fsp3) is 0.684. The van der Waals surface area contributed by atoms with Gasteiger partial charge in [0.15, 0.2) is 13.2 Å². The zero-order chi connectivity index (χ0) is 27.6. The van der Waals surface area contributed by atoms with Crippen LogP contribution in [0.1, 0.15) is 13.8 Å². The molecule has 0 aromatic carbocycles. The van der Waals surface area contributed by atoms with Crippen molar-refractivity contribution in [2.45, 2.75) is 13.8 Å². The third kappa shape index (κ3) is 29.9. The molecule has 18 nitrogen and oxygen atoms in total. The minimum Gasteiger partial charge on any atom is -0.466 e. The van der Waals surface area contributed by atoms with E-state index in [0.717, 1.165) is 7.11 Å². The Labute approximate surface area is 211 Å². The van der Waals surface area contributed by atoms with E-state index in [-0.39, 0.29) is 66.7 Å². The second-order valence-electron chi connectivity index (χ2n) is 5.43. The van der Waals surface area contributed by atoms with Gasteiger partial charge in [0.05, 0.1) is 33.5 Å². The van der Waals surface area contributed by atoms with Crippen molar-refractivity contribution in [3.8, 4) is 0 Å². The molecule has 0 aromatic rings. The van der Waals surface area contributed by atoms with E-state index in [0.29, 0.717) is 0 Å². The van der Waals surface area contributed by atoms with Crippen LogP contribution < -0.4 is 0 Å². The lowest BCUT2D eigenvalue weighted by Gasteiger charge is -2.06. The molecule has 0 aliphatic heterocycles. The normalized spacial score (nSPS) is 9.05. The standard InChI is InChI=1S/2C9H14O9.CH4/c1-14-7(11)6-18-9(13)17-5-4-16-8(12)15-3-2-10;10-2-5-17-9(14)18-6-7(11)15-3-1-4-16-8(12)13;/h10H,2-6H2,1H3;10H,1-6H2,(H,12,13);1H4. The summed E-state index contributed by atoms with van der Waals surface area (Å²) in [5.41, 5.74) is 0. The van der Waals surface area contributed by atoms with Gasteiger partial charge in [0.2, 0.25) is 0 Å². The average Bonchev–Trinajstić information content (AvgIpc) is 2.85. The molecule has 37 heavy (non-hydrogen) atoms. The molecule has 0 atom stereocenters. The number of methoxy groups -OCH3 is 1. The van der Waals surface area contributed by atoms with Crippen molar-refractivity contribution in [1.82, 2.24) is 0 Å². The Bertz CT molecular complexity index is 663. The van der Waals surface area contributed by atoms with E-state index in [2.05, 4.69) is 42.6 Å². The summed E-state index contributed by atoms with van der Waals surface area (Å²) in [7, 11) is 1.14. The summed E-state index contributed by atoms with van der Waals surface area (Å²) in [4.78, 5) is 63.7. The van der Waals surface area contributed by atoms with E-state index in [9.17, 15) is 28.8 Å². The third-order valence-corrected chi connectivity index (χ3v) is 2.77. The van der Waals surface area contributed by atoms with Gasteiger partial charge < -0.3 is 58.0 Å². The van der Waals surface area contributed by atoms with Crippen molar-refractivity contribution in [2.75, 3.05) is 73.2 Å². The van der Waals surface area contributed by atoms with Gasteiger partial charge in [-0.1, -0.05) is 7.43 Å². The van der Waals surface area contributed by atoms with Crippen molar-refractivity contribution in [3.63, 3.8) is 0 Å². The van der Waals surface area contributed by atoms with Gasteiger partial charge in [0, 0.05) is 6.42 Å². The summed E-state index contributed by atoms with van der Waals surface area (Å²) in [5, 5.41) is 24.8. The fourth-order valence-electron chi connectivity index (χ4n) is 1.37. The molecule has 0 bridgehead atoms. The first-order valence-corrected chi connectivity index (χ1v) is 9.84. The number of aliphatic hydroxyl groups excluding tert-OH is 2. The molecule has 0 unspecified atom stereocenters. The fourth-order valence-corrected chi connectivity index (χ4v) is 1.37. The Morgan fingerprint density at radius 2 is 0.946 bits per heavy atom. The van der Waals surface area contributed by atoms with Crippen LogP contribution in [0.15, 0.2) is 0 Å². The highest BCUT2D eigenvalue weighted by Crippen LogP contribution is 1.91. The molecule has 0 rings (SSSR count). The van der Waals surface area contributed by atoms with Gasteiger partial charge in [-0.2, -0.15) is 0 Å². The first-order valence-electron chi connectivity index (χ1n) is 9.84. The van der Waals surface area contributed by atoms with Crippen molar-refractivity contribution in [3.05, 3.63) is 0 Å². The minimum absolute atomic E-state index is 0. The van der Waals surface area contributed by atoms with Crippen molar-refractivity contribution in [2.24, 2.45) is 0 Å². The zero-order valence-corrected chi connectivity index (χ0v) is 19.2. The molecule has 0 aromatic heterocycles. The van der Waals surface area contributed by atoms with E-state index >= 15 is 0 Å². The van der Waals surface area contributed by atoms with Crippen LogP contribution in [0.25, 0.3) is 0 Å². The van der Waals surface area contributed by atoms with Crippen LogP contribution in [0.3, 0.4) is 0 Å². The number of ether oxygens (including phenoxy) is 9. The summed E-state index contributed by atoms with van der Waals surface area (Å²) in [5.74, 6) is -1.53. The van der Waals surface area contributed by atoms with Crippen molar-refractivity contribution in [1.29, 1.82) is 0 Å². The van der Waals surface area contributed by atoms with Crippen molar-refractivity contribution >= 4 is 36.6 Å². The molecule has 0 saturated heterocycles. The maximum Gasteiger partial charge on any atom is 0.508 e. The van der Waals surface area contributed by atoms with Gasteiger partial charge in [0.1, 0.15) is 26.4 Å². The molecular formula is C19H32O18. The topological polar surface area (TPSA) is 246 Å². The Balaban J connectivity index is -0.000000608. The van der Waals surface area contributed by atoms with E-state index in [1.165, 1.54) is 0 Å². The van der Waals surface area contributed by atoms with E-state index in [1.807, 2.05) is 0 Å². The van der Waals surface area contributed by atoms with Crippen LogP contribution in [0.5, 0.6) is 0 Å². The summed E-state index contributed by atoms with van der Waals surface area (Å²) >= 11 is 0. The Morgan fingerprint density at radius 3 is 1.38 bits per heavy atom. The molecule has 0 saturated carbocycles. The first kappa shape index (κ1) is 37.5. The highest BCUT2D eigenvalue weighted by molar-refractivity contribution is 5.74. The quantitative estimate of drug-likeness (QED) is 0.137. The highest BCUT2D eigenvalue weighted by Gasteiger charge is 2.10. The predicted octanol–water partition coefficient (Wildman–Crippen LogP) is -0.146. The van der Waals surface area contributed by atoms with E-state index < -0.39 is 49.8 Å². The lowest BCUT2D eigenvalue weighted by Crippen LogP contribution is -2.19. The minimum atomic E-state index is -1.41. The zero-order valence-electron chi connectivity index (χ0n) is 19.2. The number of hydrogen-bond donors (Lipinski definition) is 3. The number of esters is 2. The summed E-state index contributed by atoms with van der Waals surface area (Å²) < 4.78 is 39.2. The molecular weight excluding hydrogens is 516 g/mol. The summed E-state index contributed by atoms with van der Waals surface area (Å²) in [6.07, 6.45) is -4.37. The SMILES string of the molecule is C.COC(=O)COC(=O)OCCOC(=O)OCCO.O=C(O)OCCCOC(=O)COC(=O)OCCO. The molecule has 216 valence electrons. The van der Waals surface area contributed by atoms with Crippen LogP contribution in [0.4, 0.5) is 19.2 Å². The Morgan fingerprint density at radius 1 is 0.541 bits per heavy atom. The summed E-state index contributed by atoms with van der Waals surface area (Å²) in [6.45, 7) is -2.89. The second-order valence-corrected chi connectivity index (χ2v) is 5.43. The molecule has 0 spiro atoms. The van der Waals surface area contributed by atoms with Gasteiger partial charge in [-0.05, 0) is 0 Å². The number of carboxylic acid groups (broad SMARTS) is 1. The average molecular weight is 548 g/mol. The smallest absolute Gasteiger partial charge is 0.466 e. The molecule has 0 heterocycles. The lowest BCUT2D eigenvalue weighted by molar-refractivity contribution is -0.148. The number of carbonyl (C=O) groups excluding carboxylic acids is 5. The number of rotatable bonds is 15. The van der Waals surface area contributed by atoms with Crippen LogP contribution >= 0.6 is 0 Å². The van der Waals surface area contributed by atoms with Gasteiger partial charge in [-0.15, -0.1) is 0 Å². The van der Waals surface area contributed by atoms with Gasteiger partial charge >= 0.3 is 36.6 Å². The van der Waals surface area contributed by atoms with Crippen LogP contribution in [0, 0.1) is 0 Å². The molecule has 0 radical (unpaired) electrons. The number of hydrogen-bond acceptors (Lipinski definition) is 17. The molecule has 0 amide bonds. The third-order valence-electron chi connectivity index (χ3n) is 2.77. The molecule has 3 N–H and O–H groups in total. The van der Waals surface area contributed by atoms with Crippen molar-refractivity contribution < 1.29 is 86.7 Å². The maximum atomic E-state index is 11.0. The van der Waals surface area contributed by atoms with Crippen LogP contribution in [0.2, 0.25) is 0 Å². The van der Waals surface area contributed by atoms with Gasteiger partial charge in [-0.25, -0.2) is 28.8 Å². The first-order chi connectivity index (χ1) is 17.2. The predicted molar refractivity (Wildman–Crippen MR) is 114 cm³/mol. The summed E-state index contributed by atoms with van der Waals surface area (Å²) in [6, 6.07) is 0. The molecule has 0 aliphatic rings. The number of carbonyl (C=O) groups is 6. The van der Waals surface area contributed by atoms with Crippen LogP contribution in [-0.4, -0.2) is 125 Å². The molecule has 18 heteroatoms. The maximum absolute atomic E-state index is 11.0. The van der Waals surface area contributed by atoms with E-state index in [4.69, 9.17) is 15.3 Å².